The van der Waals surface area contributed by atoms with Gasteiger partial charge in [0.15, 0.2) is 6.10 Å². The molecule has 1 atom stereocenters. The maximum absolute atomic E-state index is 11.6. The van der Waals surface area contributed by atoms with Crippen molar-refractivity contribution in [3.8, 4) is 5.75 Å². The molecule has 1 aliphatic heterocycles. The maximum atomic E-state index is 11.6. The van der Waals surface area contributed by atoms with Gasteiger partial charge in [-0.2, -0.15) is 5.10 Å². The van der Waals surface area contributed by atoms with Gasteiger partial charge in [0.2, 0.25) is 0 Å². The number of hydrogen-bond donors (Lipinski definition) is 2. The molecule has 1 aliphatic rings. The molecule has 1 aromatic heterocycles. The van der Waals surface area contributed by atoms with Crippen LogP contribution in [0, 0.1) is 0 Å². The van der Waals surface area contributed by atoms with E-state index >= 15 is 0 Å². The van der Waals surface area contributed by atoms with Gasteiger partial charge < -0.3 is 15.4 Å². The van der Waals surface area contributed by atoms with E-state index in [4.69, 9.17) is 4.74 Å². The Hall–Kier alpha value is -2.76. The van der Waals surface area contributed by atoms with Gasteiger partial charge in [0, 0.05) is 30.2 Å². The Kier molecular flexibility index (Phi) is 3.35. The summed E-state index contributed by atoms with van der Waals surface area (Å²) in [6, 6.07) is 5.62. The zero-order valence-corrected chi connectivity index (χ0v) is 11.7. The standard InChI is InChI=1S/C15H16N4O2/c1-3-19-9-11(8-17-19)7-16-12-4-5-14-13(6-12)18-15(20)10(2)21-14/h3-6,8-10,16H,1,7H2,2H3,(H,18,20). The number of fused-ring (bicyclic) bond motifs is 1. The number of aromatic nitrogens is 2. The van der Waals surface area contributed by atoms with E-state index in [1.165, 1.54) is 0 Å². The fourth-order valence-electron chi connectivity index (χ4n) is 2.09. The number of nitrogens with one attached hydrogen (secondary N) is 2. The van der Waals surface area contributed by atoms with E-state index in [2.05, 4.69) is 22.3 Å². The summed E-state index contributed by atoms with van der Waals surface area (Å²) < 4.78 is 7.17. The summed E-state index contributed by atoms with van der Waals surface area (Å²) in [6.45, 7) is 6.01. The fraction of sp³-hybridized carbons (Fsp3) is 0.200. The summed E-state index contributed by atoms with van der Waals surface area (Å²) in [5.41, 5.74) is 2.63. The van der Waals surface area contributed by atoms with Crippen molar-refractivity contribution >= 4 is 23.5 Å². The van der Waals surface area contributed by atoms with Gasteiger partial charge in [0.05, 0.1) is 11.9 Å². The number of nitrogens with zero attached hydrogens (tertiary/aromatic N) is 2. The lowest BCUT2D eigenvalue weighted by molar-refractivity contribution is -0.122. The molecule has 0 spiro atoms. The highest BCUT2D eigenvalue weighted by molar-refractivity contribution is 5.98. The lowest BCUT2D eigenvalue weighted by Crippen LogP contribution is -2.34. The summed E-state index contributed by atoms with van der Waals surface area (Å²) in [6.07, 6.45) is 4.85. The lowest BCUT2D eigenvalue weighted by atomic mass is 10.2. The van der Waals surface area contributed by atoms with E-state index in [1.807, 2.05) is 24.4 Å². The number of carbonyl (C=O) groups is 1. The summed E-state index contributed by atoms with van der Waals surface area (Å²) in [4.78, 5) is 11.6. The minimum Gasteiger partial charge on any atom is -0.479 e. The Balaban J connectivity index is 1.71. The molecule has 2 N–H and O–H groups in total. The second-order valence-electron chi connectivity index (χ2n) is 4.82. The number of amides is 1. The molecule has 1 amide bonds. The third kappa shape index (κ3) is 2.74. The molecular weight excluding hydrogens is 268 g/mol. The average molecular weight is 284 g/mol. The SMILES string of the molecule is C=Cn1cc(CNc2ccc3c(c2)NC(=O)C(C)O3)cn1. The summed E-state index contributed by atoms with van der Waals surface area (Å²) in [7, 11) is 0. The van der Waals surface area contributed by atoms with Crippen LogP contribution in [0.25, 0.3) is 6.20 Å². The van der Waals surface area contributed by atoms with Crippen molar-refractivity contribution in [2.24, 2.45) is 0 Å². The molecule has 21 heavy (non-hydrogen) atoms. The molecule has 0 saturated heterocycles. The summed E-state index contributed by atoms with van der Waals surface area (Å²) >= 11 is 0. The third-order valence-electron chi connectivity index (χ3n) is 3.25. The Morgan fingerprint density at radius 2 is 2.43 bits per heavy atom. The Morgan fingerprint density at radius 1 is 1.57 bits per heavy atom. The molecule has 3 rings (SSSR count). The lowest BCUT2D eigenvalue weighted by Gasteiger charge is -2.23. The molecule has 0 aliphatic carbocycles. The molecule has 1 aromatic carbocycles. The van der Waals surface area contributed by atoms with Gasteiger partial charge in [0.1, 0.15) is 5.75 Å². The van der Waals surface area contributed by atoms with Gasteiger partial charge in [-0.05, 0) is 25.1 Å². The van der Waals surface area contributed by atoms with E-state index in [-0.39, 0.29) is 5.91 Å². The smallest absolute Gasteiger partial charge is 0.265 e. The van der Waals surface area contributed by atoms with Gasteiger partial charge in [-0.25, -0.2) is 4.68 Å². The van der Waals surface area contributed by atoms with Crippen LogP contribution in [0.2, 0.25) is 0 Å². The van der Waals surface area contributed by atoms with Crippen molar-refractivity contribution in [3.05, 3.63) is 42.7 Å². The first-order valence-electron chi connectivity index (χ1n) is 6.67. The minimum atomic E-state index is -0.457. The third-order valence-corrected chi connectivity index (χ3v) is 3.25. The highest BCUT2D eigenvalue weighted by Gasteiger charge is 2.23. The largest absolute Gasteiger partial charge is 0.479 e. The monoisotopic (exact) mass is 284 g/mol. The molecule has 108 valence electrons. The second kappa shape index (κ2) is 5.32. The van der Waals surface area contributed by atoms with Crippen LogP contribution in [0.3, 0.4) is 0 Å². The highest BCUT2D eigenvalue weighted by Crippen LogP contribution is 2.32. The van der Waals surface area contributed by atoms with Crippen molar-refractivity contribution in [2.75, 3.05) is 10.6 Å². The van der Waals surface area contributed by atoms with E-state index in [1.54, 1.807) is 24.0 Å². The predicted octanol–water partition coefficient (Wildman–Crippen LogP) is 2.32. The van der Waals surface area contributed by atoms with Crippen molar-refractivity contribution < 1.29 is 9.53 Å². The van der Waals surface area contributed by atoms with Crippen LogP contribution in [0.15, 0.2) is 37.2 Å². The highest BCUT2D eigenvalue weighted by atomic mass is 16.5. The van der Waals surface area contributed by atoms with E-state index < -0.39 is 6.10 Å². The Bertz CT molecular complexity index is 693. The first-order chi connectivity index (χ1) is 10.2. The Morgan fingerprint density at radius 3 is 3.19 bits per heavy atom. The topological polar surface area (TPSA) is 68.2 Å². The number of carbonyl (C=O) groups excluding carboxylic acids is 1. The molecule has 6 heteroatoms. The number of hydrogen-bond acceptors (Lipinski definition) is 4. The van der Waals surface area contributed by atoms with Crippen LogP contribution >= 0.6 is 0 Å². The molecular formula is C15H16N4O2. The normalized spacial score (nSPS) is 16.6. The van der Waals surface area contributed by atoms with Crippen molar-refractivity contribution in [1.29, 1.82) is 0 Å². The zero-order chi connectivity index (χ0) is 14.8. The molecule has 2 aromatic rings. The van der Waals surface area contributed by atoms with Crippen LogP contribution in [-0.2, 0) is 11.3 Å². The van der Waals surface area contributed by atoms with Crippen LogP contribution < -0.4 is 15.4 Å². The van der Waals surface area contributed by atoms with E-state index in [0.717, 1.165) is 11.3 Å². The quantitative estimate of drug-likeness (QED) is 0.904. The molecule has 0 radical (unpaired) electrons. The molecule has 0 bridgehead atoms. The molecule has 2 heterocycles. The zero-order valence-electron chi connectivity index (χ0n) is 11.7. The molecule has 1 unspecified atom stereocenters. The molecule has 0 fully saturated rings. The van der Waals surface area contributed by atoms with Gasteiger partial charge in [-0.15, -0.1) is 0 Å². The van der Waals surface area contributed by atoms with Crippen molar-refractivity contribution in [2.45, 2.75) is 19.6 Å². The first-order valence-corrected chi connectivity index (χ1v) is 6.67. The number of ether oxygens (including phenoxy) is 1. The van der Waals surface area contributed by atoms with Gasteiger partial charge in [-0.3, -0.25) is 4.79 Å². The van der Waals surface area contributed by atoms with E-state index in [0.29, 0.717) is 18.0 Å². The summed E-state index contributed by atoms with van der Waals surface area (Å²) in [5.74, 6) is 0.555. The molecule has 6 nitrogen and oxygen atoms in total. The van der Waals surface area contributed by atoms with Crippen LogP contribution in [0.5, 0.6) is 5.75 Å². The van der Waals surface area contributed by atoms with Gasteiger partial charge >= 0.3 is 0 Å². The molecule has 0 saturated carbocycles. The Labute approximate surface area is 122 Å². The van der Waals surface area contributed by atoms with Crippen LogP contribution in [0.1, 0.15) is 12.5 Å². The van der Waals surface area contributed by atoms with Crippen LogP contribution in [0.4, 0.5) is 11.4 Å². The summed E-state index contributed by atoms with van der Waals surface area (Å²) in [5, 5.41) is 10.2. The van der Waals surface area contributed by atoms with E-state index in [9.17, 15) is 4.79 Å². The average Bonchev–Trinajstić information content (AvgIpc) is 2.94. The van der Waals surface area contributed by atoms with Crippen molar-refractivity contribution in [1.82, 2.24) is 9.78 Å². The predicted molar refractivity (Wildman–Crippen MR) is 81.1 cm³/mol. The number of rotatable bonds is 4. The van der Waals surface area contributed by atoms with Gasteiger partial charge in [-0.1, -0.05) is 6.58 Å². The number of anilines is 2. The maximum Gasteiger partial charge on any atom is 0.265 e. The minimum absolute atomic E-state index is 0.132. The van der Waals surface area contributed by atoms with Crippen LogP contribution in [-0.4, -0.2) is 21.8 Å². The van der Waals surface area contributed by atoms with Crippen molar-refractivity contribution in [3.63, 3.8) is 0 Å². The number of benzene rings is 1. The fourth-order valence-corrected chi connectivity index (χ4v) is 2.09. The second-order valence-corrected chi connectivity index (χ2v) is 4.82. The first kappa shape index (κ1) is 13.2. The van der Waals surface area contributed by atoms with Gasteiger partial charge in [0.25, 0.3) is 5.91 Å².